The lowest BCUT2D eigenvalue weighted by Gasteiger charge is -2.26. The number of hydrogen-bond acceptors (Lipinski definition) is 5. The third-order valence-electron chi connectivity index (χ3n) is 4.47. The van der Waals surface area contributed by atoms with Crippen molar-refractivity contribution in [3.8, 4) is 0 Å². The van der Waals surface area contributed by atoms with E-state index >= 15 is 0 Å². The Balaban J connectivity index is 5.34. The Kier molecular flexibility index (Phi) is 12.3. The van der Waals surface area contributed by atoms with Gasteiger partial charge >= 0.3 is 5.97 Å². The fraction of sp³-hybridized carbons (Fsp3) is 0.810. The van der Waals surface area contributed by atoms with E-state index in [1.807, 2.05) is 41.5 Å². The molecule has 3 amide bonds. The van der Waals surface area contributed by atoms with Gasteiger partial charge in [-0.25, -0.2) is 0 Å². The highest BCUT2D eigenvalue weighted by Gasteiger charge is 2.30. The lowest BCUT2D eigenvalue weighted by molar-refractivity contribution is -0.142. The highest BCUT2D eigenvalue weighted by atomic mass is 16.4. The summed E-state index contributed by atoms with van der Waals surface area (Å²) in [6.45, 7) is 12.9. The van der Waals surface area contributed by atoms with Gasteiger partial charge in [-0.2, -0.15) is 0 Å². The number of carbonyl (C=O) groups excluding carboxylic acids is 3. The van der Waals surface area contributed by atoms with Crippen LogP contribution in [0, 0.1) is 17.8 Å². The van der Waals surface area contributed by atoms with Crippen molar-refractivity contribution in [3.05, 3.63) is 0 Å². The number of carboxylic acids is 1. The summed E-state index contributed by atoms with van der Waals surface area (Å²) < 4.78 is 0. The third kappa shape index (κ3) is 11.1. The van der Waals surface area contributed by atoms with E-state index in [9.17, 15) is 19.2 Å². The Morgan fingerprint density at radius 1 is 0.667 bits per heavy atom. The van der Waals surface area contributed by atoms with Gasteiger partial charge < -0.3 is 26.8 Å². The lowest BCUT2D eigenvalue weighted by Crippen LogP contribution is -2.57. The Morgan fingerprint density at radius 2 is 1.03 bits per heavy atom. The van der Waals surface area contributed by atoms with Crippen LogP contribution in [-0.2, 0) is 19.2 Å². The molecule has 0 spiro atoms. The average Bonchev–Trinajstić information content (AvgIpc) is 2.58. The van der Waals surface area contributed by atoms with Gasteiger partial charge in [0.2, 0.25) is 17.7 Å². The van der Waals surface area contributed by atoms with Crippen molar-refractivity contribution >= 4 is 23.7 Å². The average molecular weight is 429 g/mol. The Hall–Kier alpha value is -2.16. The van der Waals surface area contributed by atoms with Crippen molar-refractivity contribution in [2.75, 3.05) is 0 Å². The first-order valence-corrected chi connectivity index (χ1v) is 10.6. The second-order valence-electron chi connectivity index (χ2n) is 9.19. The quantitative estimate of drug-likeness (QED) is 0.295. The molecule has 0 aromatic heterocycles. The molecule has 30 heavy (non-hydrogen) atoms. The molecule has 4 unspecified atom stereocenters. The zero-order chi connectivity index (χ0) is 23.6. The van der Waals surface area contributed by atoms with Gasteiger partial charge in [-0.15, -0.1) is 0 Å². The molecule has 0 fully saturated rings. The van der Waals surface area contributed by atoms with E-state index in [0.717, 1.165) is 0 Å². The van der Waals surface area contributed by atoms with Crippen molar-refractivity contribution in [2.45, 2.75) is 91.9 Å². The molecule has 0 bridgehead atoms. The molecule has 0 saturated carbocycles. The normalized spacial score (nSPS) is 15.4. The molecule has 9 nitrogen and oxygen atoms in total. The number of amides is 3. The molecule has 4 atom stereocenters. The summed E-state index contributed by atoms with van der Waals surface area (Å²) in [6.07, 6.45) is 1.21. The van der Waals surface area contributed by atoms with Crippen LogP contribution in [0.3, 0.4) is 0 Å². The van der Waals surface area contributed by atoms with Crippen LogP contribution in [0.2, 0.25) is 0 Å². The minimum atomic E-state index is -1.16. The predicted octanol–water partition coefficient (Wildman–Crippen LogP) is 1.01. The maximum atomic E-state index is 12.9. The number of carboxylic acid groups (broad SMARTS) is 1. The zero-order valence-electron chi connectivity index (χ0n) is 19.3. The van der Waals surface area contributed by atoms with E-state index in [4.69, 9.17) is 10.8 Å². The highest BCUT2D eigenvalue weighted by molar-refractivity contribution is 5.94. The van der Waals surface area contributed by atoms with Crippen molar-refractivity contribution in [1.29, 1.82) is 0 Å². The molecule has 0 heterocycles. The number of hydrogen-bond donors (Lipinski definition) is 5. The van der Waals surface area contributed by atoms with Gasteiger partial charge in [0.15, 0.2) is 0 Å². The van der Waals surface area contributed by atoms with Crippen molar-refractivity contribution in [1.82, 2.24) is 16.0 Å². The molecule has 0 rings (SSSR count). The summed E-state index contributed by atoms with van der Waals surface area (Å²) in [5, 5.41) is 16.8. The fourth-order valence-corrected chi connectivity index (χ4v) is 2.95. The van der Waals surface area contributed by atoms with E-state index in [1.165, 1.54) is 6.92 Å². The van der Waals surface area contributed by atoms with E-state index < -0.39 is 47.9 Å². The summed E-state index contributed by atoms with van der Waals surface area (Å²) in [5.41, 5.74) is 5.93. The van der Waals surface area contributed by atoms with Crippen LogP contribution in [0.5, 0.6) is 0 Å². The maximum absolute atomic E-state index is 12.9. The summed E-state index contributed by atoms with van der Waals surface area (Å²) in [6, 6.07) is -3.55. The summed E-state index contributed by atoms with van der Waals surface area (Å²) in [4.78, 5) is 48.9. The second-order valence-corrected chi connectivity index (χ2v) is 9.19. The van der Waals surface area contributed by atoms with Crippen molar-refractivity contribution < 1.29 is 24.3 Å². The molecule has 9 heteroatoms. The van der Waals surface area contributed by atoms with Gasteiger partial charge in [0.05, 0.1) is 6.04 Å². The minimum Gasteiger partial charge on any atom is -0.480 e. The summed E-state index contributed by atoms with van der Waals surface area (Å²) in [5.74, 6) is -2.20. The van der Waals surface area contributed by atoms with Gasteiger partial charge in [0, 0.05) is 0 Å². The monoisotopic (exact) mass is 428 g/mol. The van der Waals surface area contributed by atoms with E-state index in [1.54, 1.807) is 0 Å². The Bertz CT molecular complexity index is 592. The van der Waals surface area contributed by atoms with Crippen molar-refractivity contribution in [3.63, 3.8) is 0 Å². The summed E-state index contributed by atoms with van der Waals surface area (Å²) >= 11 is 0. The number of carbonyl (C=O) groups is 4. The zero-order valence-corrected chi connectivity index (χ0v) is 19.3. The Labute approximate surface area is 179 Å². The largest absolute Gasteiger partial charge is 0.480 e. The van der Waals surface area contributed by atoms with Crippen LogP contribution in [0.25, 0.3) is 0 Å². The smallest absolute Gasteiger partial charge is 0.325 e. The number of nitrogens with two attached hydrogens (primary N) is 1. The van der Waals surface area contributed by atoms with Gasteiger partial charge in [-0.3, -0.25) is 19.2 Å². The summed E-state index contributed by atoms with van der Waals surface area (Å²) in [7, 11) is 0. The standard InChI is InChI=1S/C21H40N4O5/c1-11(2)8-15(22)18(26)24-17(10-13(5)6)20(28)25-16(9-12(3)4)19(27)23-14(7)21(29)30/h11-17H,8-10,22H2,1-7H3,(H,23,27)(H,24,26)(H,25,28)(H,29,30). The fourth-order valence-electron chi connectivity index (χ4n) is 2.95. The molecule has 0 aliphatic rings. The van der Waals surface area contributed by atoms with E-state index in [-0.39, 0.29) is 17.8 Å². The van der Waals surface area contributed by atoms with Crippen LogP contribution in [-0.4, -0.2) is 53.0 Å². The Morgan fingerprint density at radius 3 is 1.40 bits per heavy atom. The third-order valence-corrected chi connectivity index (χ3v) is 4.47. The molecule has 0 aliphatic carbocycles. The number of nitrogens with one attached hydrogen (secondary N) is 3. The minimum absolute atomic E-state index is 0.0822. The van der Waals surface area contributed by atoms with Crippen LogP contribution in [0.1, 0.15) is 67.7 Å². The lowest BCUT2D eigenvalue weighted by atomic mass is 9.99. The maximum Gasteiger partial charge on any atom is 0.325 e. The molecule has 0 saturated heterocycles. The van der Waals surface area contributed by atoms with Gasteiger partial charge in [0.1, 0.15) is 18.1 Å². The first kappa shape index (κ1) is 27.8. The topological polar surface area (TPSA) is 151 Å². The molecular weight excluding hydrogens is 388 g/mol. The molecule has 6 N–H and O–H groups in total. The van der Waals surface area contributed by atoms with Crippen LogP contribution < -0.4 is 21.7 Å². The molecule has 0 aromatic rings. The predicted molar refractivity (Wildman–Crippen MR) is 115 cm³/mol. The first-order valence-electron chi connectivity index (χ1n) is 10.6. The SMILES string of the molecule is CC(C)CC(N)C(=O)NC(CC(C)C)C(=O)NC(CC(C)C)C(=O)NC(C)C(=O)O. The molecule has 0 radical (unpaired) electrons. The van der Waals surface area contributed by atoms with Crippen LogP contribution in [0.4, 0.5) is 0 Å². The number of aliphatic carboxylic acids is 1. The molecule has 0 aromatic carbocycles. The highest BCUT2D eigenvalue weighted by Crippen LogP contribution is 2.10. The van der Waals surface area contributed by atoms with Crippen molar-refractivity contribution in [2.24, 2.45) is 23.5 Å². The first-order chi connectivity index (χ1) is 13.7. The van der Waals surface area contributed by atoms with Crippen LogP contribution >= 0.6 is 0 Å². The molecular formula is C21H40N4O5. The second kappa shape index (κ2) is 13.2. The van der Waals surface area contributed by atoms with E-state index in [0.29, 0.717) is 19.3 Å². The van der Waals surface area contributed by atoms with E-state index in [2.05, 4.69) is 16.0 Å². The van der Waals surface area contributed by atoms with Gasteiger partial charge in [0.25, 0.3) is 0 Å². The van der Waals surface area contributed by atoms with Gasteiger partial charge in [-0.05, 0) is 43.9 Å². The number of rotatable bonds is 13. The van der Waals surface area contributed by atoms with Crippen LogP contribution in [0.15, 0.2) is 0 Å². The van der Waals surface area contributed by atoms with Gasteiger partial charge in [-0.1, -0.05) is 41.5 Å². The molecule has 0 aliphatic heterocycles. The molecule has 174 valence electrons.